The molecule has 4 rings (SSSR count). The van der Waals surface area contributed by atoms with Gasteiger partial charge in [-0.3, -0.25) is 9.00 Å². The Morgan fingerprint density at radius 3 is 1.85 bits per heavy atom. The van der Waals surface area contributed by atoms with E-state index in [0.717, 1.165) is 4.90 Å². The van der Waals surface area contributed by atoms with Crippen molar-refractivity contribution in [3.63, 3.8) is 0 Å². The average Bonchev–Trinajstić information content (AvgIpc) is 2.99. The number of carbonyl (C=O) groups is 1. The number of ketones is 1. The number of rotatable bonds is 6. The van der Waals surface area contributed by atoms with Crippen LogP contribution in [-0.4, -0.2) is 65.6 Å². The number of methoxy groups -OCH3 is 4. The highest BCUT2D eigenvalue weighted by molar-refractivity contribution is 7.84. The highest BCUT2D eigenvalue weighted by atomic mass is 32.2. The Labute approximate surface area is 230 Å². The van der Waals surface area contributed by atoms with Crippen LogP contribution in [-0.2, 0) is 22.0 Å². The number of hydrogen-bond acceptors (Lipinski definition) is 9. The predicted octanol–water partition coefficient (Wildman–Crippen LogP) is 4.20. The molecule has 0 aliphatic heterocycles. The molecule has 9 nitrogen and oxygen atoms in total. The highest BCUT2D eigenvalue weighted by Gasteiger charge is 2.44. The molecule has 1 aliphatic rings. The van der Waals surface area contributed by atoms with Crippen LogP contribution in [0.4, 0.5) is 0 Å². The van der Waals surface area contributed by atoms with Crippen molar-refractivity contribution in [2.24, 2.45) is 0 Å². The molecule has 0 spiro atoms. The zero-order valence-corrected chi connectivity index (χ0v) is 23.8. The number of phenols is 2. The first kappa shape index (κ1) is 29.8. The second-order valence-corrected chi connectivity index (χ2v) is 10.6. The summed E-state index contributed by atoms with van der Waals surface area (Å²) in [4.78, 5) is 13.6. The SMILES string of the molecule is COc1cc2c(c(OC)c1O)-c1c(cc(OC)c(O)c1OC)[C@@H](C(C)=O)[C@@](C)(O)C2.C[S@@](=O)c1ccccc1. The Bertz CT molecular complexity index is 1380. The monoisotopic (exact) mass is 558 g/mol. The van der Waals surface area contributed by atoms with Crippen LogP contribution >= 0.6 is 0 Å². The fourth-order valence-electron chi connectivity index (χ4n) is 5.02. The van der Waals surface area contributed by atoms with E-state index in [1.54, 1.807) is 19.2 Å². The maximum Gasteiger partial charge on any atom is 0.201 e. The van der Waals surface area contributed by atoms with Crippen molar-refractivity contribution < 1.29 is 43.3 Å². The molecule has 0 saturated carbocycles. The zero-order chi connectivity index (χ0) is 29.1. The molecule has 0 unspecified atom stereocenters. The van der Waals surface area contributed by atoms with Crippen LogP contribution < -0.4 is 18.9 Å². The molecule has 0 fully saturated rings. The van der Waals surface area contributed by atoms with E-state index in [9.17, 15) is 24.3 Å². The van der Waals surface area contributed by atoms with E-state index in [1.807, 2.05) is 30.3 Å². The van der Waals surface area contributed by atoms with Gasteiger partial charge < -0.3 is 34.3 Å². The van der Waals surface area contributed by atoms with Gasteiger partial charge in [0.15, 0.2) is 23.0 Å². The Morgan fingerprint density at radius 1 is 0.897 bits per heavy atom. The molecule has 3 aromatic carbocycles. The number of benzene rings is 3. The van der Waals surface area contributed by atoms with Crippen molar-refractivity contribution in [1.29, 1.82) is 0 Å². The molecule has 3 N–H and O–H groups in total. The summed E-state index contributed by atoms with van der Waals surface area (Å²) in [5.74, 6) is -1.39. The predicted molar refractivity (Wildman–Crippen MR) is 148 cm³/mol. The minimum Gasteiger partial charge on any atom is -0.502 e. The summed E-state index contributed by atoms with van der Waals surface area (Å²) in [7, 11) is 4.71. The second-order valence-electron chi connectivity index (χ2n) is 9.26. The van der Waals surface area contributed by atoms with Crippen molar-refractivity contribution in [3.8, 4) is 45.6 Å². The number of fused-ring (bicyclic) bond motifs is 3. The molecule has 0 amide bonds. The van der Waals surface area contributed by atoms with Crippen LogP contribution in [0.25, 0.3) is 11.1 Å². The van der Waals surface area contributed by atoms with Crippen LogP contribution in [0.15, 0.2) is 47.4 Å². The van der Waals surface area contributed by atoms with Gasteiger partial charge in [0.2, 0.25) is 11.5 Å². The highest BCUT2D eigenvalue weighted by Crippen LogP contribution is 2.58. The molecule has 0 aromatic heterocycles. The third kappa shape index (κ3) is 5.67. The van der Waals surface area contributed by atoms with E-state index in [1.165, 1.54) is 41.4 Å². The van der Waals surface area contributed by atoms with Gasteiger partial charge in [-0.25, -0.2) is 0 Å². The Kier molecular flexibility index (Phi) is 9.14. The Hall–Kier alpha value is -3.76. The smallest absolute Gasteiger partial charge is 0.201 e. The fourth-order valence-corrected chi connectivity index (χ4v) is 5.56. The van der Waals surface area contributed by atoms with Gasteiger partial charge >= 0.3 is 0 Å². The van der Waals surface area contributed by atoms with Crippen molar-refractivity contribution in [2.75, 3.05) is 34.7 Å². The van der Waals surface area contributed by atoms with Crippen LogP contribution in [0.1, 0.15) is 30.9 Å². The average molecular weight is 559 g/mol. The molecular weight excluding hydrogens is 524 g/mol. The minimum absolute atomic E-state index is 0.0393. The van der Waals surface area contributed by atoms with Gasteiger partial charge in [0.1, 0.15) is 5.78 Å². The maximum atomic E-state index is 12.7. The quantitative estimate of drug-likeness (QED) is 0.407. The van der Waals surface area contributed by atoms with Gasteiger partial charge in [0, 0.05) is 39.5 Å². The largest absolute Gasteiger partial charge is 0.502 e. The standard InChI is InChI=1S/C22H26O8.C7H8OS/c1-10(23)17-12-8-14(28-4)19(25)21(30-6)16(12)15-11(9-22(17,2)26)7-13(27-3)18(24)20(15)29-5;1-9(8)7-5-3-2-4-6-7/h7-8,17,24-26H,9H2,1-6H3;2-6H,1H3/t17-,22+;9-/m11/s1. The van der Waals surface area contributed by atoms with Crippen molar-refractivity contribution in [2.45, 2.75) is 36.7 Å². The summed E-state index contributed by atoms with van der Waals surface area (Å²) in [6.07, 6.45) is 1.73. The fraction of sp³-hybridized carbons (Fsp3) is 0.345. The summed E-state index contributed by atoms with van der Waals surface area (Å²) < 4.78 is 32.3. The van der Waals surface area contributed by atoms with Crippen LogP contribution in [0.5, 0.6) is 34.5 Å². The first-order valence-corrected chi connectivity index (χ1v) is 13.6. The molecule has 0 saturated heterocycles. The number of aromatic hydroxyl groups is 2. The lowest BCUT2D eigenvalue weighted by molar-refractivity contribution is -0.124. The molecule has 3 atom stereocenters. The molecule has 3 aromatic rings. The zero-order valence-electron chi connectivity index (χ0n) is 23.0. The molecule has 0 radical (unpaired) electrons. The van der Waals surface area contributed by atoms with E-state index >= 15 is 0 Å². The van der Waals surface area contributed by atoms with Crippen LogP contribution in [0, 0.1) is 0 Å². The lowest BCUT2D eigenvalue weighted by Gasteiger charge is -2.31. The summed E-state index contributed by atoms with van der Waals surface area (Å²) >= 11 is 0. The summed E-state index contributed by atoms with van der Waals surface area (Å²) in [5, 5.41) is 32.8. The van der Waals surface area contributed by atoms with Crippen LogP contribution in [0.3, 0.4) is 0 Å². The van der Waals surface area contributed by atoms with Gasteiger partial charge in [-0.1, -0.05) is 18.2 Å². The first-order valence-electron chi connectivity index (χ1n) is 12.0. The van der Waals surface area contributed by atoms with Gasteiger partial charge in [-0.2, -0.15) is 0 Å². The topological polar surface area (TPSA) is 132 Å². The number of hydrogen-bond donors (Lipinski definition) is 3. The summed E-state index contributed by atoms with van der Waals surface area (Å²) in [6, 6.07) is 12.5. The van der Waals surface area contributed by atoms with E-state index in [-0.39, 0.29) is 46.7 Å². The molecule has 10 heteroatoms. The molecule has 39 heavy (non-hydrogen) atoms. The van der Waals surface area contributed by atoms with Crippen LogP contribution in [0.2, 0.25) is 0 Å². The van der Waals surface area contributed by atoms with Gasteiger partial charge in [-0.05, 0) is 49.2 Å². The Balaban J connectivity index is 0.000000395. The number of ether oxygens (including phenoxy) is 4. The Morgan fingerprint density at radius 2 is 1.41 bits per heavy atom. The van der Waals surface area contributed by atoms with E-state index in [0.29, 0.717) is 22.3 Å². The number of Topliss-reactive ketones (excluding diaryl/α,β-unsaturated/α-hetero) is 1. The van der Waals surface area contributed by atoms with Gasteiger partial charge in [0.25, 0.3) is 0 Å². The van der Waals surface area contributed by atoms with Crippen molar-refractivity contribution in [1.82, 2.24) is 0 Å². The van der Waals surface area contributed by atoms with E-state index < -0.39 is 22.3 Å². The van der Waals surface area contributed by atoms with E-state index in [2.05, 4.69) is 0 Å². The maximum absolute atomic E-state index is 12.7. The van der Waals surface area contributed by atoms with E-state index in [4.69, 9.17) is 18.9 Å². The third-order valence-electron chi connectivity index (χ3n) is 6.61. The molecular formula is C29H34O9S. The lowest BCUT2D eigenvalue weighted by Crippen LogP contribution is -2.38. The molecule has 0 bridgehead atoms. The van der Waals surface area contributed by atoms with Crippen molar-refractivity contribution in [3.05, 3.63) is 53.6 Å². The number of phenolic OH excluding ortho intramolecular Hbond substituents is 2. The molecule has 1 aliphatic carbocycles. The minimum atomic E-state index is -1.49. The number of carbonyl (C=O) groups excluding carboxylic acids is 1. The molecule has 0 heterocycles. The molecule has 210 valence electrons. The normalized spacial score (nSPS) is 18.3. The number of aliphatic hydroxyl groups is 1. The summed E-state index contributed by atoms with van der Waals surface area (Å²) in [5.41, 5.74) is 0.175. The van der Waals surface area contributed by atoms with Gasteiger partial charge in [0.05, 0.1) is 40.0 Å². The van der Waals surface area contributed by atoms with Gasteiger partial charge in [-0.15, -0.1) is 0 Å². The lowest BCUT2D eigenvalue weighted by atomic mass is 9.78. The third-order valence-corrected chi connectivity index (χ3v) is 7.55. The second kappa shape index (κ2) is 12.0. The summed E-state index contributed by atoms with van der Waals surface area (Å²) in [6.45, 7) is 2.95. The first-order chi connectivity index (χ1) is 18.4. The van der Waals surface area contributed by atoms with Crippen molar-refractivity contribution >= 4 is 16.6 Å².